The Morgan fingerprint density at radius 3 is 2.69 bits per heavy atom. The van der Waals surface area contributed by atoms with Gasteiger partial charge in [-0.1, -0.05) is 0 Å². The highest BCUT2D eigenvalue weighted by atomic mass is 19.1. The fourth-order valence-corrected chi connectivity index (χ4v) is 5.00. The lowest BCUT2D eigenvalue weighted by Gasteiger charge is -2.36. The van der Waals surface area contributed by atoms with Crippen molar-refractivity contribution in [1.82, 2.24) is 20.2 Å². The first-order valence-corrected chi connectivity index (χ1v) is 13.0. The van der Waals surface area contributed by atoms with Crippen LogP contribution in [0.25, 0.3) is 22.2 Å². The number of aryl methyl sites for hydroxylation is 1. The maximum Gasteiger partial charge on any atom is 0.255 e. The second-order valence-electron chi connectivity index (χ2n) is 10.2. The van der Waals surface area contributed by atoms with Gasteiger partial charge < -0.3 is 34.5 Å². The van der Waals surface area contributed by atoms with E-state index in [2.05, 4.69) is 15.3 Å². The summed E-state index contributed by atoms with van der Waals surface area (Å²) in [5, 5.41) is 13.6. The lowest BCUT2D eigenvalue weighted by Crippen LogP contribution is -2.55. The molecule has 10 nitrogen and oxygen atoms in total. The Kier molecular flexibility index (Phi) is 7.72. The Bertz CT molecular complexity index is 1390. The zero-order valence-corrected chi connectivity index (χ0v) is 22.3. The van der Waals surface area contributed by atoms with Crippen molar-refractivity contribution in [3.63, 3.8) is 0 Å². The molecule has 0 bridgehead atoms. The van der Waals surface area contributed by atoms with E-state index in [9.17, 15) is 19.1 Å². The number of piperidine rings is 1. The number of aliphatic hydroxyl groups excluding tert-OH is 1. The second kappa shape index (κ2) is 11.2. The van der Waals surface area contributed by atoms with E-state index >= 15 is 0 Å². The Labute approximate surface area is 225 Å². The first-order valence-electron chi connectivity index (χ1n) is 13.0. The largest absolute Gasteiger partial charge is 0.494 e. The molecule has 11 heteroatoms. The van der Waals surface area contributed by atoms with E-state index in [1.807, 2.05) is 0 Å². The minimum absolute atomic E-state index is 0.0560. The average Bonchev–Trinajstić information content (AvgIpc) is 3.68. The number of nitrogens with one attached hydrogen (secondary N) is 2. The highest BCUT2D eigenvalue weighted by Gasteiger charge is 2.32. The van der Waals surface area contributed by atoms with Crippen LogP contribution in [0.2, 0.25) is 0 Å². The number of methoxy groups -OCH3 is 2. The molecule has 1 aliphatic carbocycles. The van der Waals surface area contributed by atoms with Crippen LogP contribution >= 0.6 is 0 Å². The van der Waals surface area contributed by atoms with E-state index in [4.69, 9.17) is 14.2 Å². The summed E-state index contributed by atoms with van der Waals surface area (Å²) in [4.78, 5) is 34.8. The fraction of sp³-hybridized carbons (Fsp3) is 0.464. The van der Waals surface area contributed by atoms with E-state index in [0.717, 1.165) is 12.8 Å². The number of pyridine rings is 1. The number of likely N-dealkylation sites (tertiary alicyclic amines) is 1. The van der Waals surface area contributed by atoms with Crippen LogP contribution in [0, 0.1) is 18.7 Å². The van der Waals surface area contributed by atoms with E-state index in [1.54, 1.807) is 25.3 Å². The van der Waals surface area contributed by atoms with Crippen LogP contribution in [-0.4, -0.2) is 84.5 Å². The zero-order valence-electron chi connectivity index (χ0n) is 22.3. The number of rotatable bonds is 9. The molecule has 0 spiro atoms. The van der Waals surface area contributed by atoms with Gasteiger partial charge in [-0.3, -0.25) is 14.6 Å². The molecule has 1 aromatic carbocycles. The smallest absolute Gasteiger partial charge is 0.255 e. The summed E-state index contributed by atoms with van der Waals surface area (Å²) in [6, 6.07) is 4.18. The molecule has 1 saturated carbocycles. The van der Waals surface area contributed by atoms with E-state index in [-0.39, 0.29) is 30.7 Å². The van der Waals surface area contributed by atoms with Crippen LogP contribution in [0.5, 0.6) is 11.5 Å². The molecule has 2 fully saturated rings. The molecule has 1 saturated heterocycles. The monoisotopic (exact) mass is 540 g/mol. The third-order valence-corrected chi connectivity index (χ3v) is 7.34. The summed E-state index contributed by atoms with van der Waals surface area (Å²) >= 11 is 0. The summed E-state index contributed by atoms with van der Waals surface area (Å²) in [7, 11) is 2.85. The molecular formula is C28H33FN4O6. The molecule has 3 N–H and O–H groups in total. The number of aromatic amines is 1. The topological polar surface area (TPSA) is 126 Å². The van der Waals surface area contributed by atoms with Crippen molar-refractivity contribution in [2.24, 2.45) is 5.92 Å². The maximum absolute atomic E-state index is 14.6. The van der Waals surface area contributed by atoms with Gasteiger partial charge in [-0.05, 0) is 44.2 Å². The van der Waals surface area contributed by atoms with E-state index in [0.29, 0.717) is 64.7 Å². The van der Waals surface area contributed by atoms with Crippen molar-refractivity contribution in [3.05, 3.63) is 41.5 Å². The number of aromatic nitrogens is 2. The minimum atomic E-state index is -0.921. The third kappa shape index (κ3) is 5.55. The van der Waals surface area contributed by atoms with Crippen molar-refractivity contribution in [2.45, 2.75) is 38.3 Å². The van der Waals surface area contributed by atoms with Gasteiger partial charge >= 0.3 is 0 Å². The number of carbonyl (C=O) groups is 2. The summed E-state index contributed by atoms with van der Waals surface area (Å²) in [5.41, 5.74) is 3.31. The van der Waals surface area contributed by atoms with Gasteiger partial charge in [0.25, 0.3) is 5.91 Å². The number of hydrogen-bond acceptors (Lipinski definition) is 7. The SMILES string of the molecule is COCC(=O)N1CC[C@@H](NC(=O)c2c(C)[nH]c3c(-c4cc(OC)c(F)cc4OCC4CC4)ccnc23)[C@@H](O)C1. The van der Waals surface area contributed by atoms with E-state index < -0.39 is 18.0 Å². The van der Waals surface area contributed by atoms with Gasteiger partial charge in [-0.2, -0.15) is 0 Å². The van der Waals surface area contributed by atoms with Crippen LogP contribution in [0.1, 0.15) is 35.3 Å². The number of carbonyl (C=O) groups excluding carboxylic acids is 2. The van der Waals surface area contributed by atoms with Gasteiger partial charge in [0.15, 0.2) is 11.6 Å². The fourth-order valence-electron chi connectivity index (χ4n) is 5.00. The molecule has 2 amide bonds. The summed E-state index contributed by atoms with van der Waals surface area (Å²) in [5.74, 6) is -0.157. The predicted molar refractivity (Wildman–Crippen MR) is 141 cm³/mol. The second-order valence-corrected chi connectivity index (χ2v) is 10.2. The summed E-state index contributed by atoms with van der Waals surface area (Å²) < 4.78 is 30.7. The Morgan fingerprint density at radius 2 is 2.00 bits per heavy atom. The molecule has 2 aliphatic rings. The van der Waals surface area contributed by atoms with Gasteiger partial charge in [-0.25, -0.2) is 4.39 Å². The first kappa shape index (κ1) is 26.9. The van der Waals surface area contributed by atoms with Crippen molar-refractivity contribution >= 4 is 22.8 Å². The molecular weight excluding hydrogens is 507 g/mol. The number of amides is 2. The first-order chi connectivity index (χ1) is 18.8. The Balaban J connectivity index is 1.43. The molecule has 1 aliphatic heterocycles. The van der Waals surface area contributed by atoms with Gasteiger partial charge in [0.1, 0.15) is 17.9 Å². The number of ether oxygens (including phenoxy) is 3. The number of β-amino-alcohol motifs (C(OH)–C–C–N with tert-alkyl or cyclic N) is 1. The normalized spacial score (nSPS) is 19.3. The lowest BCUT2D eigenvalue weighted by molar-refractivity contribution is -0.138. The standard InChI is InChI=1S/C28H33FN4O6/c1-15-25(28(36)32-20-7-9-33(12-21(20)34)24(35)14-37-2)27-26(31-15)17(6-8-30-27)18-10-23(38-3)19(29)11-22(18)39-13-16-4-5-16/h6,8,10-11,16,20-21,31,34H,4-5,7,9,12-14H2,1-3H3,(H,32,36)/t20-,21+/m1/s1. The van der Waals surface area contributed by atoms with Crippen LogP contribution < -0.4 is 14.8 Å². The molecule has 0 radical (unpaired) electrons. The third-order valence-electron chi connectivity index (χ3n) is 7.34. The van der Waals surface area contributed by atoms with Crippen LogP contribution in [0.15, 0.2) is 24.4 Å². The summed E-state index contributed by atoms with van der Waals surface area (Å²) in [6.07, 6.45) is 3.27. The number of halogens is 1. The van der Waals surface area contributed by atoms with Crippen molar-refractivity contribution in [1.29, 1.82) is 0 Å². The van der Waals surface area contributed by atoms with Crippen molar-refractivity contribution in [3.8, 4) is 22.6 Å². The molecule has 0 unspecified atom stereocenters. The number of nitrogens with zero attached hydrogens (tertiary/aromatic N) is 2. The minimum Gasteiger partial charge on any atom is -0.494 e. The number of aliphatic hydroxyl groups is 1. The van der Waals surface area contributed by atoms with Crippen LogP contribution in [0.4, 0.5) is 4.39 Å². The number of fused-ring (bicyclic) bond motifs is 1. The van der Waals surface area contributed by atoms with Crippen LogP contribution in [0.3, 0.4) is 0 Å². The van der Waals surface area contributed by atoms with Crippen molar-refractivity contribution in [2.75, 3.05) is 40.5 Å². The molecule has 3 heterocycles. The molecule has 39 heavy (non-hydrogen) atoms. The highest BCUT2D eigenvalue weighted by molar-refractivity contribution is 6.10. The average molecular weight is 541 g/mol. The van der Waals surface area contributed by atoms with Gasteiger partial charge in [-0.15, -0.1) is 0 Å². The number of hydrogen-bond donors (Lipinski definition) is 3. The molecule has 2 aromatic heterocycles. The Morgan fingerprint density at radius 1 is 1.21 bits per heavy atom. The van der Waals surface area contributed by atoms with Gasteiger partial charge in [0.2, 0.25) is 5.91 Å². The molecule has 3 aromatic rings. The van der Waals surface area contributed by atoms with Crippen LogP contribution in [-0.2, 0) is 9.53 Å². The van der Waals surface area contributed by atoms with Crippen molar-refractivity contribution < 1.29 is 33.3 Å². The van der Waals surface area contributed by atoms with Gasteiger partial charge in [0.05, 0.1) is 36.9 Å². The number of H-pyrrole nitrogens is 1. The zero-order chi connectivity index (χ0) is 27.7. The maximum atomic E-state index is 14.6. The molecule has 5 rings (SSSR count). The quantitative estimate of drug-likeness (QED) is 0.381. The van der Waals surface area contributed by atoms with Gasteiger partial charge in [0, 0.05) is 49.3 Å². The Hall–Kier alpha value is -3.70. The number of benzene rings is 1. The lowest BCUT2D eigenvalue weighted by atomic mass is 10.0. The van der Waals surface area contributed by atoms with E-state index in [1.165, 1.54) is 25.2 Å². The highest BCUT2D eigenvalue weighted by Crippen LogP contribution is 2.40. The predicted octanol–water partition coefficient (Wildman–Crippen LogP) is 2.81. The summed E-state index contributed by atoms with van der Waals surface area (Å²) in [6.45, 7) is 2.73. The molecule has 208 valence electrons. The molecule has 2 atom stereocenters.